The number of amides is 3. The van der Waals surface area contributed by atoms with Crippen molar-refractivity contribution in [3.05, 3.63) is 29.8 Å². The van der Waals surface area contributed by atoms with Crippen LogP contribution in [0, 0.1) is 5.92 Å². The van der Waals surface area contributed by atoms with E-state index in [4.69, 9.17) is 4.74 Å². The second kappa shape index (κ2) is 14.7. The monoisotopic (exact) mass is 597 g/mol. The van der Waals surface area contributed by atoms with Crippen molar-refractivity contribution in [1.29, 1.82) is 0 Å². The van der Waals surface area contributed by atoms with Gasteiger partial charge in [0.1, 0.15) is 17.8 Å². The third-order valence-corrected chi connectivity index (χ3v) is 9.06. The lowest BCUT2D eigenvalue weighted by Crippen LogP contribution is -2.66. The Kier molecular flexibility index (Phi) is 11.9. The van der Waals surface area contributed by atoms with Crippen molar-refractivity contribution in [2.45, 2.75) is 88.5 Å². The average molecular weight is 599 g/mol. The number of hydrogen-bond donors (Lipinski definition) is 3. The summed E-state index contributed by atoms with van der Waals surface area (Å²) in [6, 6.07) is 6.36. The van der Waals surface area contributed by atoms with Crippen molar-refractivity contribution in [2.75, 3.05) is 33.3 Å². The summed E-state index contributed by atoms with van der Waals surface area (Å²) < 4.78 is 5.79. The molecule has 0 spiro atoms. The molecule has 3 aliphatic heterocycles. The number of nitrogens with one attached hydrogen (secondary N) is 3. The smallest absolute Gasteiger partial charge is 0.246 e. The zero-order valence-electron chi connectivity index (χ0n) is 23.6. The van der Waals surface area contributed by atoms with Gasteiger partial charge in [-0.2, -0.15) is 0 Å². The Labute approximate surface area is 250 Å². The number of hydrogen-bond acceptors (Lipinski definition) is 6. The van der Waals surface area contributed by atoms with Crippen molar-refractivity contribution < 1.29 is 19.1 Å². The molecule has 1 aromatic carbocycles. The molecule has 1 aliphatic carbocycles. The second-order valence-electron chi connectivity index (χ2n) is 11.4. The van der Waals surface area contributed by atoms with E-state index in [2.05, 4.69) is 20.9 Å². The van der Waals surface area contributed by atoms with E-state index in [9.17, 15) is 14.4 Å². The fourth-order valence-electron chi connectivity index (χ4n) is 6.68. The lowest BCUT2D eigenvalue weighted by atomic mass is 9.82. The summed E-state index contributed by atoms with van der Waals surface area (Å²) in [5.41, 5.74) is 0.980. The molecule has 0 unspecified atom stereocenters. The van der Waals surface area contributed by atoms with Gasteiger partial charge in [-0.15, -0.1) is 24.8 Å². The minimum Gasteiger partial charge on any atom is -0.493 e. The minimum absolute atomic E-state index is 0. The van der Waals surface area contributed by atoms with Crippen LogP contribution in [-0.2, 0) is 14.4 Å². The van der Waals surface area contributed by atoms with Crippen LogP contribution in [-0.4, -0.2) is 85.0 Å². The number of para-hydroxylation sites is 1. The van der Waals surface area contributed by atoms with Crippen molar-refractivity contribution in [3.63, 3.8) is 0 Å². The Balaban J connectivity index is 0.00000220. The van der Waals surface area contributed by atoms with Crippen LogP contribution in [0.4, 0.5) is 0 Å². The van der Waals surface area contributed by atoms with Gasteiger partial charge in [-0.1, -0.05) is 37.5 Å². The van der Waals surface area contributed by atoms with E-state index in [0.717, 1.165) is 62.8 Å². The third-order valence-electron chi connectivity index (χ3n) is 9.06. The molecule has 1 aromatic rings. The SMILES string of the molecule is CN[C@@H](C)C(=O)N[C@H](C(=O)N1C[C@H]2CCCN2C[C@H]1C(=O)N[C@@H]1CCOc2ccccc21)C1CCCCC1.Cl.Cl. The highest BCUT2D eigenvalue weighted by Crippen LogP contribution is 2.33. The molecule has 224 valence electrons. The van der Waals surface area contributed by atoms with Gasteiger partial charge in [-0.05, 0) is 58.2 Å². The number of benzene rings is 1. The number of carbonyl (C=O) groups excluding carboxylic acids is 3. The molecular formula is C29H45Cl2N5O4. The first-order valence-corrected chi connectivity index (χ1v) is 14.5. The van der Waals surface area contributed by atoms with Crippen LogP contribution in [0.2, 0.25) is 0 Å². The Morgan fingerprint density at radius 1 is 0.975 bits per heavy atom. The standard InChI is InChI=1S/C29H43N5O4.2ClH/c1-19(30-2)27(35)32-26(20-9-4-3-5-10-20)29(37)34-17-21-11-8-15-33(21)18-24(34)28(36)31-23-14-16-38-25-13-7-6-12-22(23)25;;/h6-7,12-13,19-21,23-24,26,30H,3-5,8-11,14-18H2,1-2H3,(H,31,36)(H,32,35);2*1H/t19-,21+,23+,24-,26-;;/m0../s1. The molecule has 5 atom stereocenters. The minimum atomic E-state index is -0.606. The zero-order chi connectivity index (χ0) is 26.6. The predicted molar refractivity (Wildman–Crippen MR) is 159 cm³/mol. The number of carbonyl (C=O) groups is 3. The number of likely N-dealkylation sites (N-methyl/N-ethyl adjacent to an activating group) is 1. The number of ether oxygens (including phenoxy) is 1. The van der Waals surface area contributed by atoms with E-state index in [1.54, 1.807) is 18.9 Å². The van der Waals surface area contributed by atoms with Crippen molar-refractivity contribution in [2.24, 2.45) is 5.92 Å². The summed E-state index contributed by atoms with van der Waals surface area (Å²) in [6.45, 7) is 4.37. The number of nitrogens with zero attached hydrogens (tertiary/aromatic N) is 2. The molecule has 3 N–H and O–H groups in total. The van der Waals surface area contributed by atoms with Gasteiger partial charge in [-0.25, -0.2) is 0 Å². The molecule has 1 saturated carbocycles. The Morgan fingerprint density at radius 2 is 1.73 bits per heavy atom. The van der Waals surface area contributed by atoms with Crippen molar-refractivity contribution in [1.82, 2.24) is 25.8 Å². The first-order valence-electron chi connectivity index (χ1n) is 14.5. The van der Waals surface area contributed by atoms with Crippen LogP contribution < -0.4 is 20.7 Å². The highest BCUT2D eigenvalue weighted by molar-refractivity contribution is 5.93. The molecule has 3 fully saturated rings. The maximum Gasteiger partial charge on any atom is 0.246 e. The fraction of sp³-hybridized carbons (Fsp3) is 0.690. The Morgan fingerprint density at radius 3 is 2.48 bits per heavy atom. The first-order chi connectivity index (χ1) is 18.5. The number of fused-ring (bicyclic) bond motifs is 2. The molecule has 3 heterocycles. The van der Waals surface area contributed by atoms with Crippen LogP contribution in [0.1, 0.15) is 69.9 Å². The average Bonchev–Trinajstić information content (AvgIpc) is 3.42. The van der Waals surface area contributed by atoms with Crippen LogP contribution in [0.15, 0.2) is 24.3 Å². The summed E-state index contributed by atoms with van der Waals surface area (Å²) in [5, 5.41) is 9.34. The molecule has 5 rings (SSSR count). The summed E-state index contributed by atoms with van der Waals surface area (Å²) in [6.07, 6.45) is 7.94. The lowest BCUT2D eigenvalue weighted by Gasteiger charge is -2.45. The highest BCUT2D eigenvalue weighted by atomic mass is 35.5. The van der Waals surface area contributed by atoms with Crippen LogP contribution in [0.5, 0.6) is 5.75 Å². The maximum atomic E-state index is 14.3. The van der Waals surface area contributed by atoms with Gasteiger partial charge in [0, 0.05) is 31.1 Å². The van der Waals surface area contributed by atoms with Crippen LogP contribution >= 0.6 is 24.8 Å². The molecule has 0 bridgehead atoms. The van der Waals surface area contributed by atoms with Gasteiger partial charge in [0.2, 0.25) is 17.7 Å². The molecular weight excluding hydrogens is 553 g/mol. The molecule has 2 saturated heterocycles. The van der Waals surface area contributed by atoms with Gasteiger partial charge in [0.15, 0.2) is 0 Å². The molecule has 0 radical (unpaired) electrons. The summed E-state index contributed by atoms with van der Waals surface area (Å²) in [7, 11) is 1.75. The van der Waals surface area contributed by atoms with E-state index in [-0.39, 0.29) is 60.5 Å². The quantitative estimate of drug-likeness (QED) is 0.446. The van der Waals surface area contributed by atoms with E-state index in [1.165, 1.54) is 0 Å². The van der Waals surface area contributed by atoms with E-state index >= 15 is 0 Å². The molecule has 3 amide bonds. The summed E-state index contributed by atoms with van der Waals surface area (Å²) in [5.74, 6) is 0.502. The first kappa shape index (κ1) is 32.4. The number of halogens is 2. The van der Waals surface area contributed by atoms with E-state index in [1.807, 2.05) is 24.3 Å². The Hall–Kier alpha value is -2.07. The predicted octanol–water partition coefficient (Wildman–Crippen LogP) is 2.82. The second-order valence-corrected chi connectivity index (χ2v) is 11.4. The zero-order valence-corrected chi connectivity index (χ0v) is 25.2. The van der Waals surface area contributed by atoms with Crippen LogP contribution in [0.3, 0.4) is 0 Å². The van der Waals surface area contributed by atoms with E-state index < -0.39 is 18.1 Å². The van der Waals surface area contributed by atoms with Crippen LogP contribution in [0.25, 0.3) is 0 Å². The van der Waals surface area contributed by atoms with Gasteiger partial charge in [0.25, 0.3) is 0 Å². The molecule has 40 heavy (non-hydrogen) atoms. The van der Waals surface area contributed by atoms with Gasteiger partial charge in [-0.3, -0.25) is 19.3 Å². The maximum absolute atomic E-state index is 14.3. The Bertz CT molecular complexity index is 1020. The molecule has 0 aromatic heterocycles. The molecule has 9 nitrogen and oxygen atoms in total. The van der Waals surface area contributed by atoms with Crippen molar-refractivity contribution in [3.8, 4) is 5.75 Å². The third kappa shape index (κ3) is 7.04. The summed E-state index contributed by atoms with van der Waals surface area (Å²) in [4.78, 5) is 45.3. The topological polar surface area (TPSA) is 103 Å². The van der Waals surface area contributed by atoms with Gasteiger partial charge < -0.3 is 25.6 Å². The van der Waals surface area contributed by atoms with E-state index in [0.29, 0.717) is 26.1 Å². The molecule has 11 heteroatoms. The lowest BCUT2D eigenvalue weighted by molar-refractivity contribution is -0.149. The number of rotatable bonds is 7. The highest BCUT2D eigenvalue weighted by Gasteiger charge is 2.45. The summed E-state index contributed by atoms with van der Waals surface area (Å²) >= 11 is 0. The van der Waals surface area contributed by atoms with Crippen molar-refractivity contribution >= 4 is 42.5 Å². The van der Waals surface area contributed by atoms with Gasteiger partial charge in [0.05, 0.1) is 18.7 Å². The normalized spacial score (nSPS) is 26.1. The molecule has 4 aliphatic rings. The largest absolute Gasteiger partial charge is 0.493 e. The van der Waals surface area contributed by atoms with Gasteiger partial charge >= 0.3 is 0 Å². The number of piperazine rings is 1. The fourth-order valence-corrected chi connectivity index (χ4v) is 6.68.